The number of phenols is 1. The van der Waals surface area contributed by atoms with Gasteiger partial charge in [-0.2, -0.15) is 0 Å². The molecular formula is C28H28N2O8. The number of phenolic OH excluding ortho intramolecular Hbond substituents is 1. The monoisotopic (exact) mass is 520 g/mol. The summed E-state index contributed by atoms with van der Waals surface area (Å²) in [6.45, 7) is 1.40. The summed E-state index contributed by atoms with van der Waals surface area (Å²) >= 11 is 0. The summed E-state index contributed by atoms with van der Waals surface area (Å²) in [6, 6.07) is 2.16. The van der Waals surface area contributed by atoms with Crippen LogP contribution in [0.15, 0.2) is 29.9 Å². The van der Waals surface area contributed by atoms with E-state index < -0.39 is 64.4 Å². The summed E-state index contributed by atoms with van der Waals surface area (Å²) in [7, 11) is 3.07. The Kier molecular flexibility index (Phi) is 5.88. The summed E-state index contributed by atoms with van der Waals surface area (Å²) in [5.41, 5.74) is 4.14. The van der Waals surface area contributed by atoms with Gasteiger partial charge in [0.15, 0.2) is 40.4 Å². The zero-order chi connectivity index (χ0) is 27.8. The number of nitrogens with two attached hydrogens (primary N) is 1. The zero-order valence-electron chi connectivity index (χ0n) is 21.2. The highest BCUT2D eigenvalue weighted by atomic mass is 16.3. The molecule has 0 saturated heterocycles. The first kappa shape index (κ1) is 25.9. The Morgan fingerprint density at radius 2 is 1.76 bits per heavy atom. The van der Waals surface area contributed by atoms with Gasteiger partial charge >= 0.3 is 0 Å². The Bertz CT molecular complexity index is 1420. The largest absolute Gasteiger partial charge is 0.507 e. The lowest BCUT2D eigenvalue weighted by atomic mass is 9.52. The molecule has 10 nitrogen and oxygen atoms in total. The van der Waals surface area contributed by atoms with Crippen molar-refractivity contribution in [3.05, 3.63) is 46.5 Å². The Morgan fingerprint density at radius 3 is 2.37 bits per heavy atom. The molecule has 0 radical (unpaired) electrons. The van der Waals surface area contributed by atoms with E-state index in [9.17, 15) is 39.0 Å². The molecule has 2 unspecified atom stereocenters. The molecule has 0 aromatic heterocycles. The number of aliphatic hydroxyl groups is 1. The summed E-state index contributed by atoms with van der Waals surface area (Å²) in [4.78, 5) is 79.7. The average molecular weight is 521 g/mol. The summed E-state index contributed by atoms with van der Waals surface area (Å²) in [5, 5.41) is 22.8. The van der Waals surface area contributed by atoms with Crippen molar-refractivity contribution in [2.24, 2.45) is 29.4 Å². The lowest BCUT2D eigenvalue weighted by Crippen LogP contribution is -2.74. The van der Waals surface area contributed by atoms with Gasteiger partial charge in [-0.05, 0) is 57.3 Å². The standard InChI is InChI=1S/C28H28N2O8/c1-11(31)14-5-4-6-15(14)16-8-7-12-9-13-10-17-21(30(2)3)24(34)20(27(29)37)26(36)28(17,38)25(35)19(13)23(33)18(12)22(16)32/h5-8,13,17,19-21,32,38H,4,9-10H2,1-3H3,(H2,29,37)/t13-,17-,19?,20?,21-,28-/m1/s1. The molecule has 0 heterocycles. The Labute approximate surface area is 218 Å². The molecule has 0 aliphatic heterocycles. The second-order valence-corrected chi connectivity index (χ2v) is 10.8. The molecule has 0 spiro atoms. The molecule has 1 aromatic carbocycles. The van der Waals surface area contributed by atoms with Crippen LogP contribution in [0.3, 0.4) is 0 Å². The summed E-state index contributed by atoms with van der Waals surface area (Å²) in [6.07, 6.45) is 4.15. The molecule has 2 saturated carbocycles. The van der Waals surface area contributed by atoms with Gasteiger partial charge in [-0.25, -0.2) is 0 Å². The van der Waals surface area contributed by atoms with Gasteiger partial charge in [0.1, 0.15) is 5.75 Å². The van der Waals surface area contributed by atoms with Crippen LogP contribution in [0.2, 0.25) is 0 Å². The minimum absolute atomic E-state index is 0.00517. The third-order valence-corrected chi connectivity index (χ3v) is 8.54. The van der Waals surface area contributed by atoms with Gasteiger partial charge in [0.05, 0.1) is 17.5 Å². The molecule has 4 aliphatic rings. The fourth-order valence-corrected chi connectivity index (χ4v) is 6.90. The van der Waals surface area contributed by atoms with Gasteiger partial charge in [-0.1, -0.05) is 24.3 Å². The first-order chi connectivity index (χ1) is 17.8. The number of carbonyl (C=O) groups is 6. The molecule has 10 heteroatoms. The quantitative estimate of drug-likeness (QED) is 0.468. The van der Waals surface area contributed by atoms with Crippen LogP contribution < -0.4 is 5.73 Å². The highest BCUT2D eigenvalue weighted by molar-refractivity contribution is 6.32. The van der Waals surface area contributed by atoms with E-state index in [4.69, 9.17) is 5.73 Å². The van der Waals surface area contributed by atoms with E-state index in [-0.39, 0.29) is 35.5 Å². The first-order valence-electron chi connectivity index (χ1n) is 12.4. The van der Waals surface area contributed by atoms with Crippen LogP contribution in [-0.4, -0.2) is 75.7 Å². The number of primary amides is 1. The van der Waals surface area contributed by atoms with Crippen molar-refractivity contribution < 1.29 is 39.0 Å². The van der Waals surface area contributed by atoms with Crippen LogP contribution in [0.5, 0.6) is 5.75 Å². The number of benzene rings is 1. The second kappa shape index (κ2) is 8.64. The van der Waals surface area contributed by atoms with Gasteiger partial charge in [0, 0.05) is 17.1 Å². The number of Topliss-reactive ketones (excluding diaryl/α,β-unsaturated/α-hetero) is 5. The number of allylic oxidation sites excluding steroid dienone is 4. The number of hydrogen-bond donors (Lipinski definition) is 3. The normalized spacial score (nSPS) is 32.4. The molecular weight excluding hydrogens is 492 g/mol. The van der Waals surface area contributed by atoms with E-state index in [1.54, 1.807) is 24.3 Å². The van der Waals surface area contributed by atoms with Crippen LogP contribution in [0.1, 0.15) is 41.3 Å². The van der Waals surface area contributed by atoms with Crippen molar-refractivity contribution in [1.29, 1.82) is 0 Å². The van der Waals surface area contributed by atoms with Gasteiger partial charge in [0.2, 0.25) is 5.91 Å². The number of hydrogen-bond acceptors (Lipinski definition) is 9. The maximum absolute atomic E-state index is 13.9. The highest BCUT2D eigenvalue weighted by Crippen LogP contribution is 2.51. The molecule has 4 N–H and O–H groups in total. The van der Waals surface area contributed by atoms with Gasteiger partial charge < -0.3 is 15.9 Å². The topological polar surface area (TPSA) is 172 Å². The predicted molar refractivity (Wildman–Crippen MR) is 133 cm³/mol. The number of rotatable bonds is 4. The maximum atomic E-state index is 13.9. The number of carbonyl (C=O) groups excluding carboxylic acids is 6. The Hall–Kier alpha value is -3.76. The van der Waals surface area contributed by atoms with E-state index in [0.29, 0.717) is 23.1 Å². The highest BCUT2D eigenvalue weighted by Gasteiger charge is 2.69. The molecule has 2 fully saturated rings. The van der Waals surface area contributed by atoms with Gasteiger partial charge in [0.25, 0.3) is 0 Å². The number of nitrogens with zero attached hydrogens (tertiary/aromatic N) is 1. The van der Waals surface area contributed by atoms with E-state index in [2.05, 4.69) is 0 Å². The van der Waals surface area contributed by atoms with Crippen LogP contribution in [-0.2, 0) is 30.4 Å². The number of likely N-dealkylation sites (N-methyl/N-ethyl adjacent to an activating group) is 1. The van der Waals surface area contributed by atoms with E-state index >= 15 is 0 Å². The Balaban J connectivity index is 1.61. The molecule has 0 bridgehead atoms. The van der Waals surface area contributed by atoms with E-state index in [1.165, 1.54) is 25.9 Å². The van der Waals surface area contributed by atoms with Crippen molar-refractivity contribution in [2.45, 2.75) is 37.8 Å². The van der Waals surface area contributed by atoms with Crippen LogP contribution in [0.25, 0.3) is 5.57 Å². The third-order valence-electron chi connectivity index (χ3n) is 8.54. The average Bonchev–Trinajstić information content (AvgIpc) is 3.31. The lowest BCUT2D eigenvalue weighted by molar-refractivity contribution is -0.181. The fourth-order valence-electron chi connectivity index (χ4n) is 6.90. The SMILES string of the molecule is CC(=O)C1=CCC=C1c1ccc2c(c1O)C(=O)C1C(=O)[C@@]3(O)C(=O)C(C(N)=O)C(=O)[C@H](N(C)C)[C@H]3C[C@H]1C2. The molecule has 1 aromatic rings. The van der Waals surface area contributed by atoms with E-state index in [1.807, 2.05) is 0 Å². The predicted octanol–water partition coefficient (Wildman–Crippen LogP) is 0.170. The second-order valence-electron chi connectivity index (χ2n) is 10.8. The Morgan fingerprint density at radius 1 is 1.08 bits per heavy atom. The first-order valence-corrected chi connectivity index (χ1v) is 12.4. The smallest absolute Gasteiger partial charge is 0.235 e. The van der Waals surface area contributed by atoms with Crippen molar-refractivity contribution in [1.82, 2.24) is 4.90 Å². The number of fused-ring (bicyclic) bond motifs is 3. The molecule has 4 aliphatic carbocycles. The third kappa shape index (κ3) is 3.33. The lowest BCUT2D eigenvalue weighted by Gasteiger charge is -2.52. The number of amides is 1. The molecule has 1 amide bonds. The summed E-state index contributed by atoms with van der Waals surface area (Å²) < 4.78 is 0. The fraction of sp³-hybridized carbons (Fsp3) is 0.429. The van der Waals surface area contributed by atoms with Crippen LogP contribution >= 0.6 is 0 Å². The molecule has 6 atom stereocenters. The molecule has 5 rings (SSSR count). The zero-order valence-corrected chi connectivity index (χ0v) is 21.2. The van der Waals surface area contributed by atoms with Gasteiger partial charge in [-0.3, -0.25) is 33.7 Å². The van der Waals surface area contributed by atoms with Crippen molar-refractivity contribution in [2.75, 3.05) is 14.1 Å². The molecule has 38 heavy (non-hydrogen) atoms. The van der Waals surface area contributed by atoms with Gasteiger partial charge in [-0.15, -0.1) is 0 Å². The minimum Gasteiger partial charge on any atom is -0.507 e. The van der Waals surface area contributed by atoms with Crippen LogP contribution in [0.4, 0.5) is 0 Å². The number of ketones is 5. The van der Waals surface area contributed by atoms with Crippen molar-refractivity contribution >= 4 is 40.4 Å². The van der Waals surface area contributed by atoms with Crippen molar-refractivity contribution in [3.8, 4) is 5.75 Å². The number of aromatic hydroxyl groups is 1. The van der Waals surface area contributed by atoms with Crippen LogP contribution in [0, 0.1) is 23.7 Å². The molecule has 198 valence electrons. The minimum atomic E-state index is -2.76. The van der Waals surface area contributed by atoms with Crippen molar-refractivity contribution in [3.63, 3.8) is 0 Å². The summed E-state index contributed by atoms with van der Waals surface area (Å²) in [5.74, 6) is -11.0. The maximum Gasteiger partial charge on any atom is 0.235 e. The van der Waals surface area contributed by atoms with E-state index in [0.717, 1.165) is 0 Å².